The third-order valence-electron chi connectivity index (χ3n) is 5.55. The van der Waals surface area contributed by atoms with Gasteiger partial charge in [0.15, 0.2) is 0 Å². The van der Waals surface area contributed by atoms with Gasteiger partial charge in [-0.1, -0.05) is 24.3 Å². The van der Waals surface area contributed by atoms with Crippen molar-refractivity contribution in [2.75, 3.05) is 42.9 Å². The molecule has 1 N–H and O–H groups in total. The molecule has 28 heavy (non-hydrogen) atoms. The topological polar surface area (TPSA) is 35.6 Å². The van der Waals surface area contributed by atoms with Crippen LogP contribution in [0.15, 0.2) is 47.4 Å². The van der Waals surface area contributed by atoms with E-state index in [0.717, 1.165) is 56.8 Å². The summed E-state index contributed by atoms with van der Waals surface area (Å²) in [6, 6.07) is 13.1. The van der Waals surface area contributed by atoms with E-state index in [9.17, 15) is 9.18 Å². The van der Waals surface area contributed by atoms with Crippen molar-refractivity contribution < 1.29 is 9.18 Å². The summed E-state index contributed by atoms with van der Waals surface area (Å²) < 4.78 is 14.0. The number of aryl methyl sites for hydroxylation is 1. The predicted octanol–water partition coefficient (Wildman–Crippen LogP) is 4.15. The molecule has 1 unspecified atom stereocenters. The Morgan fingerprint density at radius 1 is 1.11 bits per heavy atom. The van der Waals surface area contributed by atoms with Crippen LogP contribution in [0.1, 0.15) is 18.4 Å². The number of halogens is 1. The van der Waals surface area contributed by atoms with Gasteiger partial charge in [0.2, 0.25) is 5.91 Å². The zero-order valence-corrected chi connectivity index (χ0v) is 17.0. The zero-order valence-electron chi connectivity index (χ0n) is 16.2. The van der Waals surface area contributed by atoms with E-state index in [4.69, 9.17) is 0 Å². The largest absolute Gasteiger partial charge is 0.367 e. The first kappa shape index (κ1) is 19.3. The number of nitrogens with zero attached hydrogens (tertiary/aromatic N) is 2. The number of anilines is 2. The number of piperazine rings is 1. The highest BCUT2D eigenvalue weighted by Crippen LogP contribution is 2.39. The van der Waals surface area contributed by atoms with Gasteiger partial charge in [-0.2, -0.15) is 0 Å². The predicted molar refractivity (Wildman–Crippen MR) is 114 cm³/mol. The molecule has 0 aromatic heterocycles. The van der Waals surface area contributed by atoms with Crippen LogP contribution in [-0.2, 0) is 4.79 Å². The molecule has 1 amide bonds. The van der Waals surface area contributed by atoms with Crippen LogP contribution in [0.3, 0.4) is 0 Å². The molecule has 2 aromatic rings. The number of carbonyl (C=O) groups is 1. The fourth-order valence-electron chi connectivity index (χ4n) is 3.92. The number of hydrogen-bond donors (Lipinski definition) is 1. The number of rotatable bonds is 5. The van der Waals surface area contributed by atoms with Crippen LogP contribution in [0.4, 0.5) is 15.8 Å². The van der Waals surface area contributed by atoms with E-state index in [1.807, 2.05) is 31.2 Å². The second-order valence-corrected chi connectivity index (χ2v) is 8.71. The Bertz CT molecular complexity index is 851. The summed E-state index contributed by atoms with van der Waals surface area (Å²) in [5, 5.41) is 3.06. The van der Waals surface area contributed by atoms with Crippen molar-refractivity contribution in [1.29, 1.82) is 0 Å². The summed E-state index contributed by atoms with van der Waals surface area (Å²) in [7, 11) is 0. The lowest BCUT2D eigenvalue weighted by Gasteiger charge is -2.36. The molecule has 2 heterocycles. The first-order valence-electron chi connectivity index (χ1n) is 9.91. The van der Waals surface area contributed by atoms with Gasteiger partial charge in [0.05, 0.1) is 16.6 Å². The van der Waals surface area contributed by atoms with E-state index >= 15 is 0 Å². The number of fused-ring (bicyclic) bond motifs is 1. The van der Waals surface area contributed by atoms with Gasteiger partial charge in [0.25, 0.3) is 0 Å². The summed E-state index contributed by atoms with van der Waals surface area (Å²) in [6.07, 6.45) is 1.86. The molecule has 0 bridgehead atoms. The minimum atomic E-state index is -0.146. The smallest absolute Gasteiger partial charge is 0.237 e. The summed E-state index contributed by atoms with van der Waals surface area (Å²) in [4.78, 5) is 18.1. The van der Waals surface area contributed by atoms with Crippen molar-refractivity contribution >= 4 is 29.0 Å². The van der Waals surface area contributed by atoms with Gasteiger partial charge < -0.3 is 10.2 Å². The van der Waals surface area contributed by atoms with E-state index in [-0.39, 0.29) is 17.0 Å². The lowest BCUT2D eigenvalue weighted by Crippen LogP contribution is -2.47. The maximum absolute atomic E-state index is 14.0. The zero-order chi connectivity index (χ0) is 19.5. The van der Waals surface area contributed by atoms with Gasteiger partial charge in [-0.15, -0.1) is 11.8 Å². The molecule has 2 aliphatic heterocycles. The maximum atomic E-state index is 14.0. The average Bonchev–Trinajstić information content (AvgIpc) is 2.70. The van der Waals surface area contributed by atoms with Crippen molar-refractivity contribution in [2.45, 2.75) is 29.9 Å². The molecule has 0 spiro atoms. The lowest BCUT2D eigenvalue weighted by molar-refractivity contribution is -0.116. The number of thioether (sulfide) groups is 1. The van der Waals surface area contributed by atoms with Crippen molar-refractivity contribution in [2.24, 2.45) is 0 Å². The number of nitrogens with one attached hydrogen (secondary N) is 1. The van der Waals surface area contributed by atoms with E-state index in [1.165, 1.54) is 11.0 Å². The Morgan fingerprint density at radius 2 is 1.89 bits per heavy atom. The minimum absolute atomic E-state index is 0.0194. The number of hydrogen-bond acceptors (Lipinski definition) is 4. The molecule has 1 fully saturated rings. The van der Waals surface area contributed by atoms with E-state index in [1.54, 1.807) is 17.8 Å². The van der Waals surface area contributed by atoms with Crippen molar-refractivity contribution in [1.82, 2.24) is 4.90 Å². The summed E-state index contributed by atoms with van der Waals surface area (Å²) in [5.41, 5.74) is 2.79. The number of benzene rings is 2. The molecule has 0 aliphatic carbocycles. The van der Waals surface area contributed by atoms with Gasteiger partial charge in [0, 0.05) is 31.1 Å². The molecule has 1 saturated heterocycles. The second kappa shape index (κ2) is 8.53. The molecule has 4 rings (SSSR count). The highest BCUT2D eigenvalue weighted by Gasteiger charge is 2.27. The summed E-state index contributed by atoms with van der Waals surface area (Å²) >= 11 is 1.68. The first-order valence-corrected chi connectivity index (χ1v) is 10.8. The van der Waals surface area contributed by atoms with Crippen molar-refractivity contribution in [3.8, 4) is 0 Å². The van der Waals surface area contributed by atoms with Gasteiger partial charge in [-0.05, 0) is 50.1 Å². The molecule has 148 valence electrons. The van der Waals surface area contributed by atoms with Crippen molar-refractivity contribution in [3.05, 3.63) is 53.8 Å². The molecule has 6 heteroatoms. The summed E-state index contributed by atoms with van der Waals surface area (Å²) in [5.74, 6) is -0.0250. The quantitative estimate of drug-likeness (QED) is 0.819. The number of para-hydroxylation sites is 2. The Kier molecular flexibility index (Phi) is 5.87. The van der Waals surface area contributed by atoms with Gasteiger partial charge in [-0.25, -0.2) is 4.39 Å². The van der Waals surface area contributed by atoms with Crippen LogP contribution < -0.4 is 10.2 Å². The van der Waals surface area contributed by atoms with E-state index in [2.05, 4.69) is 21.2 Å². The molecule has 0 saturated carbocycles. The highest BCUT2D eigenvalue weighted by atomic mass is 32.2. The molecular weight excluding hydrogens is 373 g/mol. The normalized spacial score (nSPS) is 20.0. The van der Waals surface area contributed by atoms with Gasteiger partial charge >= 0.3 is 0 Å². The Labute approximate surface area is 170 Å². The number of carbonyl (C=O) groups excluding carboxylic acids is 1. The molecule has 2 aliphatic rings. The molecule has 4 nitrogen and oxygen atoms in total. The monoisotopic (exact) mass is 399 g/mol. The second-order valence-electron chi connectivity index (χ2n) is 7.47. The minimum Gasteiger partial charge on any atom is -0.367 e. The Balaban J connectivity index is 1.24. The third-order valence-corrected chi connectivity index (χ3v) is 6.88. The fourth-order valence-corrected chi connectivity index (χ4v) is 5.16. The Hall–Kier alpha value is -2.05. The highest BCUT2D eigenvalue weighted by molar-refractivity contribution is 8.01. The Morgan fingerprint density at radius 3 is 2.68 bits per heavy atom. The van der Waals surface area contributed by atoms with Crippen LogP contribution in [0.5, 0.6) is 0 Å². The average molecular weight is 400 g/mol. The van der Waals surface area contributed by atoms with E-state index in [0.29, 0.717) is 5.69 Å². The van der Waals surface area contributed by atoms with Gasteiger partial charge in [-0.3, -0.25) is 9.69 Å². The first-order chi connectivity index (χ1) is 13.6. The molecule has 0 radical (unpaired) electrons. The number of amides is 1. The lowest BCUT2D eigenvalue weighted by atomic mass is 10.1. The maximum Gasteiger partial charge on any atom is 0.237 e. The van der Waals surface area contributed by atoms with Crippen LogP contribution in [0, 0.1) is 12.7 Å². The SMILES string of the molecule is Cc1cccc2c1NC(=O)C(CCCN1CCN(c3ccccc3F)CC1)S2. The molecule has 2 aromatic carbocycles. The molecular formula is C22H26FN3OS. The van der Waals surface area contributed by atoms with Crippen LogP contribution in [0.2, 0.25) is 0 Å². The standard InChI is InChI=1S/C22H26FN3OS/c1-16-6-4-9-19-21(16)24-22(27)20(28-19)10-5-11-25-12-14-26(15-13-25)18-8-3-2-7-17(18)23/h2-4,6-9,20H,5,10-15H2,1H3,(H,24,27). The van der Waals surface area contributed by atoms with E-state index < -0.39 is 0 Å². The molecule has 1 atom stereocenters. The fraction of sp³-hybridized carbons (Fsp3) is 0.409. The summed E-state index contributed by atoms with van der Waals surface area (Å²) in [6.45, 7) is 6.55. The van der Waals surface area contributed by atoms with Crippen molar-refractivity contribution in [3.63, 3.8) is 0 Å². The van der Waals surface area contributed by atoms with Crippen LogP contribution in [0.25, 0.3) is 0 Å². The van der Waals surface area contributed by atoms with Crippen LogP contribution in [-0.4, -0.2) is 48.8 Å². The van der Waals surface area contributed by atoms with Gasteiger partial charge in [0.1, 0.15) is 5.82 Å². The third kappa shape index (κ3) is 4.18. The van der Waals surface area contributed by atoms with Crippen LogP contribution >= 0.6 is 11.8 Å².